The van der Waals surface area contributed by atoms with Gasteiger partial charge in [-0.15, -0.1) is 0 Å². The molecule has 18 heteroatoms. The van der Waals surface area contributed by atoms with Crippen LogP contribution in [0.15, 0.2) is 136 Å². The molecule has 6 N–H and O–H groups in total. The van der Waals surface area contributed by atoms with E-state index >= 15 is 0 Å². The molecule has 5 heterocycles. The van der Waals surface area contributed by atoms with E-state index in [4.69, 9.17) is 9.97 Å². The molecule has 15 nitrogen and oxygen atoms in total. The summed E-state index contributed by atoms with van der Waals surface area (Å²) in [5.41, 5.74) is 1.67. The lowest BCUT2D eigenvalue weighted by Gasteiger charge is -2.12. The molecule has 0 atom stereocenters. The first-order valence-corrected chi connectivity index (χ1v) is 23.0. The molecule has 0 radical (unpaired) electrons. The van der Waals surface area contributed by atoms with Gasteiger partial charge >= 0.3 is 5.97 Å². The Morgan fingerprint density at radius 2 is 0.889 bits per heavy atom. The van der Waals surface area contributed by atoms with Crippen LogP contribution in [0, 0.1) is 0 Å². The summed E-state index contributed by atoms with van der Waals surface area (Å²) in [7, 11) is -14.8. The topological polar surface area (TPSA) is 258 Å². The number of carboxylic acid groups (broad SMARTS) is 1. The van der Waals surface area contributed by atoms with Gasteiger partial charge in [0, 0.05) is 50.0 Å². The van der Waals surface area contributed by atoms with Gasteiger partial charge in [0.1, 0.15) is 20.2 Å². The van der Waals surface area contributed by atoms with Gasteiger partial charge in [0.05, 0.1) is 33.8 Å². The number of rotatable bonds is 8. The van der Waals surface area contributed by atoms with Gasteiger partial charge in [-0.2, -0.15) is 25.3 Å². The SMILES string of the molecule is O=C(O)c1c2nc(c(-c3ccccc3)c3cc(-c4ccccc4S(=O)(=O)O)c([nH]3)c(-c3ccccc3S(=O)(=O)O)c3nc(c(-c4ccccc4S(=O)(=O)O)c4ccc1[nH]4)C=C3)C=C2. The van der Waals surface area contributed by atoms with Crippen molar-refractivity contribution in [1.29, 1.82) is 0 Å². The van der Waals surface area contributed by atoms with E-state index in [9.17, 15) is 48.8 Å². The third-order valence-corrected chi connectivity index (χ3v) is 13.2. The summed E-state index contributed by atoms with van der Waals surface area (Å²) in [5.74, 6) is -1.35. The zero-order chi connectivity index (χ0) is 44.4. The lowest BCUT2D eigenvalue weighted by atomic mass is 9.98. The van der Waals surface area contributed by atoms with Crippen LogP contribution in [0.2, 0.25) is 0 Å². The van der Waals surface area contributed by atoms with E-state index < -0.39 is 51.0 Å². The zero-order valence-electron chi connectivity index (χ0n) is 32.1. The molecular formula is C45H30N4O11S3. The summed E-state index contributed by atoms with van der Waals surface area (Å²) in [4.78, 5) is 27.7. The van der Waals surface area contributed by atoms with Gasteiger partial charge in [0.15, 0.2) is 0 Å². The second kappa shape index (κ2) is 15.2. The van der Waals surface area contributed by atoms with Gasteiger partial charge < -0.3 is 15.1 Å². The number of fused-ring (bicyclic) bond motifs is 8. The van der Waals surface area contributed by atoms with Crippen molar-refractivity contribution in [3.8, 4) is 44.5 Å². The molecule has 0 spiro atoms. The van der Waals surface area contributed by atoms with Crippen LogP contribution < -0.4 is 0 Å². The van der Waals surface area contributed by atoms with Gasteiger partial charge in [-0.1, -0.05) is 84.9 Å². The molecule has 9 rings (SSSR count). The Kier molecular flexibility index (Phi) is 9.93. The van der Waals surface area contributed by atoms with E-state index in [-0.39, 0.29) is 83.8 Å². The van der Waals surface area contributed by atoms with E-state index in [1.807, 2.05) is 0 Å². The molecule has 63 heavy (non-hydrogen) atoms. The number of hydrogen-bond acceptors (Lipinski definition) is 9. The van der Waals surface area contributed by atoms with Gasteiger partial charge in [0.2, 0.25) is 0 Å². The number of nitrogens with zero attached hydrogens (tertiary/aromatic N) is 2. The first-order chi connectivity index (χ1) is 30.0. The van der Waals surface area contributed by atoms with Crippen LogP contribution in [0.3, 0.4) is 0 Å². The number of hydrogen-bond donors (Lipinski definition) is 6. The van der Waals surface area contributed by atoms with Crippen LogP contribution in [0.5, 0.6) is 0 Å². The number of benzene rings is 4. The predicted octanol–water partition coefficient (Wildman–Crippen LogP) is 8.76. The molecule has 4 aromatic carbocycles. The molecule has 0 fully saturated rings. The lowest BCUT2D eigenvalue weighted by molar-refractivity contribution is 0.0698. The van der Waals surface area contributed by atoms with E-state index in [1.165, 1.54) is 103 Å². The average molecular weight is 899 g/mol. The highest BCUT2D eigenvalue weighted by Crippen LogP contribution is 2.44. The molecule has 7 aromatic rings. The van der Waals surface area contributed by atoms with Gasteiger partial charge in [-0.05, 0) is 66.3 Å². The molecule has 2 aliphatic heterocycles. The number of H-pyrrole nitrogens is 2. The smallest absolute Gasteiger partial charge is 0.340 e. The minimum atomic E-state index is -4.98. The monoisotopic (exact) mass is 898 g/mol. The van der Waals surface area contributed by atoms with Gasteiger partial charge in [0.25, 0.3) is 30.4 Å². The molecule has 0 unspecified atom stereocenters. The number of aromatic carboxylic acids is 1. The number of aromatic amines is 2. The van der Waals surface area contributed by atoms with Gasteiger partial charge in [-0.25, -0.2) is 14.8 Å². The Balaban J connectivity index is 1.61. The van der Waals surface area contributed by atoms with E-state index in [0.29, 0.717) is 11.1 Å². The zero-order valence-corrected chi connectivity index (χ0v) is 34.6. The minimum absolute atomic E-state index is 0.00705. The summed E-state index contributed by atoms with van der Waals surface area (Å²) in [6, 6.07) is 30.0. The van der Waals surface area contributed by atoms with Crippen LogP contribution in [0.4, 0.5) is 0 Å². The Labute approximate surface area is 358 Å². The van der Waals surface area contributed by atoms with Crippen molar-refractivity contribution >= 4 is 82.7 Å². The number of nitrogens with one attached hydrogen (secondary N) is 2. The average Bonchev–Trinajstić information content (AvgIpc) is 4.08. The third-order valence-electron chi connectivity index (χ3n) is 10.5. The summed E-state index contributed by atoms with van der Waals surface area (Å²) >= 11 is 0. The first-order valence-electron chi connectivity index (χ1n) is 18.7. The summed E-state index contributed by atoms with van der Waals surface area (Å²) < 4.78 is 110. The molecule has 314 valence electrons. The fourth-order valence-corrected chi connectivity index (χ4v) is 10.0. The van der Waals surface area contributed by atoms with Crippen molar-refractivity contribution in [1.82, 2.24) is 19.9 Å². The standard InChI is InChI=1S/C45H30N4O11S3/c50-45(51)43-34-22-18-30(46-34)40(25-10-2-1-3-11-25)36-24-29(26-12-4-7-15-37(26)61(52,53)54)44(49-36)42(28-14-6-9-17-39(28)63(58,59)60)33-21-19-31(47-33)41(32-20-23-35(43)48-32)27-13-5-8-16-38(27)62(55,56)57/h1-24,48-49H,(H,50,51)(H,52,53,54)(H,55,56,57)(H,58,59,60). The third kappa shape index (κ3) is 7.45. The molecule has 0 aliphatic carbocycles. The van der Waals surface area contributed by atoms with Crippen LogP contribution >= 0.6 is 0 Å². The number of carboxylic acids is 1. The van der Waals surface area contributed by atoms with Crippen molar-refractivity contribution in [2.24, 2.45) is 0 Å². The summed E-state index contributed by atoms with van der Waals surface area (Å²) in [6.45, 7) is 0. The Morgan fingerprint density at radius 3 is 1.46 bits per heavy atom. The Hall–Kier alpha value is -7.32. The maximum absolute atomic E-state index is 13.2. The molecule has 0 saturated heterocycles. The molecule has 2 aliphatic rings. The van der Waals surface area contributed by atoms with Crippen molar-refractivity contribution in [3.05, 3.63) is 150 Å². The maximum atomic E-state index is 13.2. The van der Waals surface area contributed by atoms with Crippen molar-refractivity contribution < 1.29 is 48.8 Å². The highest BCUT2D eigenvalue weighted by atomic mass is 32.2. The van der Waals surface area contributed by atoms with E-state index in [2.05, 4.69) is 9.97 Å². The van der Waals surface area contributed by atoms with E-state index in [1.54, 1.807) is 42.5 Å². The fraction of sp³-hybridized carbons (Fsp3) is 0. The quantitative estimate of drug-likeness (QED) is 0.0781. The Morgan fingerprint density at radius 1 is 0.444 bits per heavy atom. The van der Waals surface area contributed by atoms with Crippen molar-refractivity contribution in [2.45, 2.75) is 14.7 Å². The first kappa shape index (κ1) is 41.1. The maximum Gasteiger partial charge on any atom is 0.340 e. The minimum Gasteiger partial charge on any atom is -0.478 e. The molecule has 0 amide bonds. The molecule has 8 bridgehead atoms. The molecular weight excluding hydrogens is 869 g/mol. The lowest BCUT2D eigenvalue weighted by Crippen LogP contribution is -2.02. The van der Waals surface area contributed by atoms with Crippen LogP contribution in [0.25, 0.3) is 90.9 Å². The predicted molar refractivity (Wildman–Crippen MR) is 237 cm³/mol. The van der Waals surface area contributed by atoms with Crippen LogP contribution in [0.1, 0.15) is 33.1 Å². The van der Waals surface area contributed by atoms with Crippen LogP contribution in [-0.4, -0.2) is 69.9 Å². The second-order valence-corrected chi connectivity index (χ2v) is 18.4. The second-order valence-electron chi connectivity index (χ2n) is 14.3. The van der Waals surface area contributed by atoms with Crippen molar-refractivity contribution in [3.63, 3.8) is 0 Å². The van der Waals surface area contributed by atoms with Gasteiger partial charge in [-0.3, -0.25) is 13.7 Å². The highest BCUT2D eigenvalue weighted by Gasteiger charge is 2.28. The van der Waals surface area contributed by atoms with Crippen LogP contribution in [-0.2, 0) is 30.4 Å². The number of carbonyl (C=O) groups is 1. The molecule has 0 saturated carbocycles. The van der Waals surface area contributed by atoms with Crippen molar-refractivity contribution in [2.75, 3.05) is 0 Å². The molecule has 3 aromatic heterocycles. The number of aromatic nitrogens is 4. The highest BCUT2D eigenvalue weighted by molar-refractivity contribution is 7.86. The fourth-order valence-electron chi connectivity index (χ4n) is 7.91. The largest absolute Gasteiger partial charge is 0.478 e. The van der Waals surface area contributed by atoms with E-state index in [0.717, 1.165) is 0 Å². The summed E-state index contributed by atoms with van der Waals surface area (Å²) in [5, 5.41) is 10.7. The Bertz CT molecular complexity index is 3690. The summed E-state index contributed by atoms with van der Waals surface area (Å²) in [6.07, 6.45) is 6.08. The normalized spacial score (nSPS) is 12.7.